The van der Waals surface area contributed by atoms with Crippen LogP contribution in [0.25, 0.3) is 22.2 Å². The summed E-state index contributed by atoms with van der Waals surface area (Å²) in [5.41, 5.74) is 1.56. The molecule has 142 valence electrons. The van der Waals surface area contributed by atoms with Crippen molar-refractivity contribution in [1.82, 2.24) is 15.0 Å². The van der Waals surface area contributed by atoms with Crippen molar-refractivity contribution in [2.24, 2.45) is 0 Å². The number of H-pyrrole nitrogens is 1. The van der Waals surface area contributed by atoms with Gasteiger partial charge in [0.1, 0.15) is 5.76 Å². The first kappa shape index (κ1) is 17.6. The van der Waals surface area contributed by atoms with Crippen LogP contribution in [0.3, 0.4) is 0 Å². The van der Waals surface area contributed by atoms with Crippen molar-refractivity contribution in [2.75, 3.05) is 19.5 Å². The number of hydrogen-bond donors (Lipinski definition) is 2. The Hall–Kier alpha value is -3.81. The smallest absolute Gasteiger partial charge is 0.262 e. The predicted octanol–water partition coefficient (Wildman–Crippen LogP) is 3.21. The molecule has 3 aromatic heterocycles. The lowest BCUT2D eigenvalue weighted by molar-refractivity contribution is 0.355. The van der Waals surface area contributed by atoms with Crippen molar-refractivity contribution in [3.63, 3.8) is 0 Å². The molecule has 0 amide bonds. The van der Waals surface area contributed by atoms with Gasteiger partial charge in [0.05, 0.1) is 32.4 Å². The topological polar surface area (TPSA) is 102 Å². The number of benzene rings is 1. The molecule has 0 unspecified atom stereocenters. The van der Waals surface area contributed by atoms with Gasteiger partial charge in [0.15, 0.2) is 17.1 Å². The third-order valence-corrected chi connectivity index (χ3v) is 4.31. The highest BCUT2D eigenvalue weighted by atomic mass is 16.5. The summed E-state index contributed by atoms with van der Waals surface area (Å²) in [5, 5.41) is 3.44. The zero-order valence-corrected chi connectivity index (χ0v) is 15.4. The zero-order valence-electron chi connectivity index (χ0n) is 15.4. The van der Waals surface area contributed by atoms with E-state index in [-0.39, 0.29) is 5.56 Å². The molecule has 0 aliphatic heterocycles. The minimum absolute atomic E-state index is 0.287. The molecular weight excluding hydrogens is 360 g/mol. The van der Waals surface area contributed by atoms with Crippen molar-refractivity contribution in [3.8, 4) is 22.6 Å². The van der Waals surface area contributed by atoms with Crippen molar-refractivity contribution in [3.05, 3.63) is 65.0 Å². The quantitative estimate of drug-likeness (QED) is 0.531. The molecule has 3 heterocycles. The van der Waals surface area contributed by atoms with E-state index in [0.29, 0.717) is 40.6 Å². The molecule has 4 aromatic rings. The van der Waals surface area contributed by atoms with Crippen molar-refractivity contribution < 1.29 is 13.9 Å². The molecule has 8 heteroatoms. The van der Waals surface area contributed by atoms with Gasteiger partial charge >= 0.3 is 0 Å². The Balaban J connectivity index is 1.75. The molecule has 0 radical (unpaired) electrons. The van der Waals surface area contributed by atoms with Crippen LogP contribution in [0.2, 0.25) is 0 Å². The molecule has 0 bridgehead atoms. The first-order valence-corrected chi connectivity index (χ1v) is 8.57. The van der Waals surface area contributed by atoms with Crippen LogP contribution in [-0.2, 0) is 6.54 Å². The first-order chi connectivity index (χ1) is 13.7. The molecule has 0 atom stereocenters. The lowest BCUT2D eigenvalue weighted by Gasteiger charge is -2.11. The fraction of sp³-hybridized carbons (Fsp3) is 0.150. The van der Waals surface area contributed by atoms with Crippen LogP contribution >= 0.6 is 0 Å². The lowest BCUT2D eigenvalue weighted by atomic mass is 10.0. The molecule has 28 heavy (non-hydrogen) atoms. The lowest BCUT2D eigenvalue weighted by Crippen LogP contribution is -2.14. The van der Waals surface area contributed by atoms with Crippen LogP contribution < -0.4 is 20.3 Å². The monoisotopic (exact) mass is 378 g/mol. The molecule has 4 rings (SSSR count). The summed E-state index contributed by atoms with van der Waals surface area (Å²) >= 11 is 0. The molecule has 0 aliphatic rings. The number of pyridine rings is 1. The van der Waals surface area contributed by atoms with Crippen LogP contribution in [0.4, 0.5) is 5.95 Å². The van der Waals surface area contributed by atoms with Crippen LogP contribution in [0.15, 0.2) is 58.1 Å². The van der Waals surface area contributed by atoms with E-state index < -0.39 is 0 Å². The van der Waals surface area contributed by atoms with Crippen LogP contribution in [0, 0.1) is 0 Å². The SMILES string of the molecule is COc1ccc(-c2ccnc3nc(NCc4ccco4)[nH]c(=O)c23)cc1OC. The first-order valence-electron chi connectivity index (χ1n) is 8.57. The Labute approximate surface area is 160 Å². The summed E-state index contributed by atoms with van der Waals surface area (Å²) in [6.45, 7) is 0.400. The maximum absolute atomic E-state index is 12.8. The maximum Gasteiger partial charge on any atom is 0.262 e. The summed E-state index contributed by atoms with van der Waals surface area (Å²) in [6.07, 6.45) is 3.21. The molecule has 0 spiro atoms. The molecule has 0 aliphatic carbocycles. The van der Waals surface area contributed by atoms with E-state index in [2.05, 4.69) is 20.3 Å². The normalized spacial score (nSPS) is 10.8. The van der Waals surface area contributed by atoms with Gasteiger partial charge < -0.3 is 19.2 Å². The standard InChI is InChI=1S/C20H18N4O4/c1-26-15-6-5-12(10-16(15)27-2)14-7-8-21-18-17(14)19(25)24-20(23-18)22-11-13-4-3-9-28-13/h3-10H,11H2,1-2H3,(H2,21,22,23,24,25). The molecule has 0 saturated heterocycles. The highest BCUT2D eigenvalue weighted by molar-refractivity contribution is 5.92. The minimum atomic E-state index is -0.287. The van der Waals surface area contributed by atoms with E-state index in [1.165, 1.54) is 0 Å². The Kier molecular flexibility index (Phi) is 4.67. The van der Waals surface area contributed by atoms with Gasteiger partial charge in [0.25, 0.3) is 5.56 Å². The van der Waals surface area contributed by atoms with Crippen molar-refractivity contribution in [1.29, 1.82) is 0 Å². The van der Waals surface area contributed by atoms with Gasteiger partial charge in [-0.25, -0.2) is 4.98 Å². The van der Waals surface area contributed by atoms with Gasteiger partial charge in [-0.3, -0.25) is 9.78 Å². The number of methoxy groups -OCH3 is 2. The number of hydrogen-bond acceptors (Lipinski definition) is 7. The summed E-state index contributed by atoms with van der Waals surface area (Å²) in [7, 11) is 3.14. The Bertz CT molecular complexity index is 1170. The minimum Gasteiger partial charge on any atom is -0.493 e. The molecular formula is C20H18N4O4. The third kappa shape index (κ3) is 3.27. The zero-order chi connectivity index (χ0) is 19.5. The van der Waals surface area contributed by atoms with Gasteiger partial charge in [-0.2, -0.15) is 4.98 Å². The summed E-state index contributed by atoms with van der Waals surface area (Å²) < 4.78 is 15.9. The number of aromatic amines is 1. The van der Waals surface area contributed by atoms with Gasteiger partial charge in [0.2, 0.25) is 5.95 Å². The molecule has 8 nitrogen and oxygen atoms in total. The molecule has 2 N–H and O–H groups in total. The molecule has 0 fully saturated rings. The molecule has 0 saturated carbocycles. The average Bonchev–Trinajstić information content (AvgIpc) is 3.25. The number of nitrogens with one attached hydrogen (secondary N) is 2. The number of nitrogens with zero attached hydrogens (tertiary/aromatic N) is 2. The predicted molar refractivity (Wildman–Crippen MR) is 105 cm³/mol. The van der Waals surface area contributed by atoms with E-state index in [1.807, 2.05) is 18.2 Å². The Morgan fingerprint density at radius 1 is 1.14 bits per heavy atom. The van der Waals surface area contributed by atoms with Gasteiger partial charge in [0, 0.05) is 6.20 Å². The van der Waals surface area contributed by atoms with Gasteiger partial charge in [-0.05, 0) is 41.5 Å². The second kappa shape index (κ2) is 7.43. The fourth-order valence-corrected chi connectivity index (χ4v) is 2.98. The fourth-order valence-electron chi connectivity index (χ4n) is 2.98. The second-order valence-electron chi connectivity index (χ2n) is 5.97. The second-order valence-corrected chi connectivity index (χ2v) is 5.97. The van der Waals surface area contributed by atoms with Crippen molar-refractivity contribution >= 4 is 17.0 Å². The van der Waals surface area contributed by atoms with Gasteiger partial charge in [-0.15, -0.1) is 0 Å². The number of fused-ring (bicyclic) bond motifs is 1. The summed E-state index contributed by atoms with van der Waals surface area (Å²) in [6, 6.07) is 10.9. The Morgan fingerprint density at radius 2 is 2.00 bits per heavy atom. The largest absolute Gasteiger partial charge is 0.493 e. The number of furan rings is 1. The number of aromatic nitrogens is 3. The van der Waals surface area contributed by atoms with E-state index in [1.54, 1.807) is 44.9 Å². The maximum atomic E-state index is 12.8. The highest BCUT2D eigenvalue weighted by Crippen LogP contribution is 2.33. The molecule has 1 aromatic carbocycles. The van der Waals surface area contributed by atoms with E-state index in [0.717, 1.165) is 11.3 Å². The average molecular weight is 378 g/mol. The summed E-state index contributed by atoms with van der Waals surface area (Å²) in [4.78, 5) is 24.2. The van der Waals surface area contributed by atoms with Crippen LogP contribution in [0.1, 0.15) is 5.76 Å². The summed E-state index contributed by atoms with van der Waals surface area (Å²) in [5.74, 6) is 2.24. The Morgan fingerprint density at radius 3 is 2.75 bits per heavy atom. The highest BCUT2D eigenvalue weighted by Gasteiger charge is 2.14. The number of rotatable bonds is 6. The van der Waals surface area contributed by atoms with E-state index in [9.17, 15) is 4.79 Å². The third-order valence-electron chi connectivity index (χ3n) is 4.31. The van der Waals surface area contributed by atoms with Crippen LogP contribution in [0.5, 0.6) is 11.5 Å². The number of anilines is 1. The van der Waals surface area contributed by atoms with E-state index in [4.69, 9.17) is 13.9 Å². The van der Waals surface area contributed by atoms with Crippen molar-refractivity contribution in [2.45, 2.75) is 6.54 Å². The number of ether oxygens (including phenoxy) is 2. The van der Waals surface area contributed by atoms with Gasteiger partial charge in [-0.1, -0.05) is 6.07 Å². The van der Waals surface area contributed by atoms with Crippen LogP contribution in [-0.4, -0.2) is 29.2 Å². The van der Waals surface area contributed by atoms with E-state index >= 15 is 0 Å².